The molecule has 478 valence electrons. The molecule has 1 fully saturated rings. The van der Waals surface area contributed by atoms with Crippen LogP contribution in [0.4, 0.5) is 46.8 Å². The van der Waals surface area contributed by atoms with Crippen LogP contribution < -0.4 is 15.3 Å². The molecule has 0 radical (unpaired) electrons. The molecule has 6 aromatic heterocycles. The van der Waals surface area contributed by atoms with Crippen molar-refractivity contribution in [2.24, 2.45) is 0 Å². The number of alkyl halides is 6. The molecule has 12 nitrogen and oxygen atoms in total. The highest BCUT2D eigenvalue weighted by molar-refractivity contribution is 9.10. The molecule has 0 amide bonds. The SMILES string of the molecule is C.CC1(C)OB(c2ccc(F)c3[nH]ccc23)OC1(C)C.CCc1cccc(CC)c1-n1nc2c(c1-c1ccc(F)c3[nH]ccc13)CN(c1ncc(C(F)(F)F)cc1Cl)CC2.CCc1cccc(CC)c1-n1nc2c(c1Br)CN(c1ncc(C(F)(F)F)cc1Cl)CC2. The third kappa shape index (κ3) is 12.8. The van der Waals surface area contributed by atoms with Crippen molar-refractivity contribution in [3.8, 4) is 22.6 Å². The summed E-state index contributed by atoms with van der Waals surface area (Å²) in [5.41, 5.74) is 11.4. The fourth-order valence-corrected chi connectivity index (χ4v) is 13.1. The van der Waals surface area contributed by atoms with Crippen molar-refractivity contribution in [1.29, 1.82) is 0 Å². The number of pyridine rings is 2. The number of nitrogens with one attached hydrogen (secondary N) is 2. The molecule has 13 rings (SSSR count). The van der Waals surface area contributed by atoms with Gasteiger partial charge in [0.25, 0.3) is 0 Å². The minimum Gasteiger partial charge on any atom is -0.399 e. The average Bonchev–Trinajstić information content (AvgIpc) is 1.62. The molecule has 9 heterocycles. The summed E-state index contributed by atoms with van der Waals surface area (Å²) in [5.74, 6) is 0.0193. The number of aryl methyl sites for hydroxylation is 4. The number of anilines is 2. The van der Waals surface area contributed by atoms with Gasteiger partial charge in [-0.2, -0.15) is 36.5 Å². The van der Waals surface area contributed by atoms with Crippen molar-refractivity contribution < 1.29 is 44.4 Å². The minimum absolute atomic E-state index is 0. The maximum atomic E-state index is 14.7. The van der Waals surface area contributed by atoms with E-state index in [0.29, 0.717) is 55.9 Å². The predicted octanol–water partition coefficient (Wildman–Crippen LogP) is 17.5. The third-order valence-electron chi connectivity index (χ3n) is 17.4. The van der Waals surface area contributed by atoms with Gasteiger partial charge in [0.1, 0.15) is 27.9 Å². The topological polar surface area (TPSA) is 118 Å². The van der Waals surface area contributed by atoms with E-state index in [2.05, 4.69) is 93.9 Å². The zero-order valence-corrected chi connectivity index (χ0v) is 53.7. The lowest BCUT2D eigenvalue weighted by molar-refractivity contribution is -0.138. The Morgan fingerprint density at radius 2 is 1.02 bits per heavy atom. The van der Waals surface area contributed by atoms with Crippen LogP contribution in [0.25, 0.3) is 44.4 Å². The highest BCUT2D eigenvalue weighted by atomic mass is 79.9. The third-order valence-corrected chi connectivity index (χ3v) is 18.8. The van der Waals surface area contributed by atoms with Gasteiger partial charge in [-0.25, -0.2) is 28.1 Å². The van der Waals surface area contributed by atoms with Gasteiger partial charge in [-0.05, 0) is 139 Å². The van der Waals surface area contributed by atoms with E-state index in [1.165, 1.54) is 23.3 Å². The standard InChI is InChI=1S/C30H26ClF4N5.C22H21BrClF3N4.C14H17BFNO2.CH4/c1-3-17-6-5-7-18(4-2)27(17)40-28(21-8-9-24(32)26-20(21)10-12-36-26)22-16-39(13-11-25(22)38-40)29-23(31)14-19(15-37-29)30(33,34)35;1-3-13-6-5-7-14(4-2)19(13)31-20(23)16-12-30(9-8-18(16)29-31)21-17(24)10-15(11-28-21)22(25,26)27;1-13(2)14(3,4)19-15(18-13)10-5-6-11(16)12-9(10)7-8-17-12;/h5-10,12,14-15,36H,3-4,11,13,16H2,1-2H3;5-7,10-11H,3-4,8-9,12H2,1-2H3;5-8,17H,1-4H3;1H4. The summed E-state index contributed by atoms with van der Waals surface area (Å²) in [4.78, 5) is 17.8. The number of nitrogens with zero attached hydrogens (tertiary/aromatic N) is 8. The molecule has 10 aromatic rings. The lowest BCUT2D eigenvalue weighted by Crippen LogP contribution is -2.41. The van der Waals surface area contributed by atoms with E-state index in [4.69, 9.17) is 42.7 Å². The van der Waals surface area contributed by atoms with Gasteiger partial charge in [-0.15, -0.1) is 0 Å². The quantitative estimate of drug-likeness (QED) is 0.103. The number of benzene rings is 4. The maximum Gasteiger partial charge on any atom is 0.495 e. The van der Waals surface area contributed by atoms with E-state index >= 15 is 0 Å². The van der Waals surface area contributed by atoms with E-state index in [1.807, 2.05) is 65.1 Å². The zero-order valence-electron chi connectivity index (χ0n) is 50.6. The molecule has 3 aliphatic heterocycles. The van der Waals surface area contributed by atoms with E-state index in [9.17, 15) is 35.1 Å². The Kier molecular flexibility index (Phi) is 19.1. The predicted molar refractivity (Wildman–Crippen MR) is 348 cm³/mol. The summed E-state index contributed by atoms with van der Waals surface area (Å²) in [6.45, 7) is 18.3. The second-order valence-corrected chi connectivity index (χ2v) is 24.9. The van der Waals surface area contributed by atoms with E-state index in [1.54, 1.807) is 24.5 Å². The van der Waals surface area contributed by atoms with Gasteiger partial charge < -0.3 is 29.1 Å². The molecule has 91 heavy (non-hydrogen) atoms. The van der Waals surface area contributed by atoms with Gasteiger partial charge in [-0.3, -0.25) is 0 Å². The summed E-state index contributed by atoms with van der Waals surface area (Å²) in [6.07, 6.45) is 0.635. The summed E-state index contributed by atoms with van der Waals surface area (Å²) in [7, 11) is -0.469. The summed E-state index contributed by atoms with van der Waals surface area (Å²) < 4.78 is 124. The van der Waals surface area contributed by atoms with Crippen LogP contribution in [0.15, 0.2) is 114 Å². The molecule has 24 heteroatoms. The number of hydrogen-bond donors (Lipinski definition) is 2. The van der Waals surface area contributed by atoms with Crippen LogP contribution in [-0.4, -0.2) is 70.9 Å². The smallest absolute Gasteiger partial charge is 0.399 e. The molecule has 0 bridgehead atoms. The molecule has 2 N–H and O–H groups in total. The zero-order chi connectivity index (χ0) is 64.4. The number of para-hydroxylation sites is 2. The Balaban J connectivity index is 0.000000158. The van der Waals surface area contributed by atoms with Crippen LogP contribution in [0.3, 0.4) is 0 Å². The van der Waals surface area contributed by atoms with Crippen LogP contribution in [0, 0.1) is 11.6 Å². The van der Waals surface area contributed by atoms with Crippen LogP contribution >= 0.6 is 39.1 Å². The molecular formula is C67H68BBrCl2F8N10O2. The number of hydrogen-bond acceptors (Lipinski definition) is 8. The van der Waals surface area contributed by atoms with Gasteiger partial charge in [0.15, 0.2) is 0 Å². The second kappa shape index (κ2) is 26.0. The van der Waals surface area contributed by atoms with Crippen molar-refractivity contribution in [2.45, 2.75) is 138 Å². The molecule has 1 saturated heterocycles. The van der Waals surface area contributed by atoms with Gasteiger partial charge >= 0.3 is 19.5 Å². The highest BCUT2D eigenvalue weighted by Crippen LogP contribution is 2.43. The first kappa shape index (κ1) is 66.7. The maximum absolute atomic E-state index is 14.7. The molecule has 0 aliphatic carbocycles. The molecule has 4 aromatic carbocycles. The Hall–Kier alpha value is -7.24. The number of aromatic amines is 2. The highest BCUT2D eigenvalue weighted by Gasteiger charge is 2.52. The van der Waals surface area contributed by atoms with E-state index in [0.717, 1.165) is 127 Å². The van der Waals surface area contributed by atoms with Gasteiger partial charge in [0.05, 0.1) is 71.9 Å². The molecule has 0 saturated carbocycles. The van der Waals surface area contributed by atoms with E-state index in [-0.39, 0.29) is 34.9 Å². The summed E-state index contributed by atoms with van der Waals surface area (Å²) in [5, 5.41) is 11.4. The number of rotatable bonds is 10. The summed E-state index contributed by atoms with van der Waals surface area (Å²) >= 11 is 16.3. The van der Waals surface area contributed by atoms with Crippen molar-refractivity contribution in [3.05, 3.63) is 192 Å². The molecule has 0 spiro atoms. The average molecular weight is 1360 g/mol. The number of H-pyrrole nitrogens is 2. The Morgan fingerprint density at radius 3 is 1.49 bits per heavy atom. The Labute approximate surface area is 541 Å². The largest absolute Gasteiger partial charge is 0.495 e. The summed E-state index contributed by atoms with van der Waals surface area (Å²) in [6, 6.07) is 24.4. The number of halogens is 11. The van der Waals surface area contributed by atoms with Crippen molar-refractivity contribution in [2.75, 3.05) is 22.9 Å². The molecular weight excluding hydrogens is 1290 g/mol. The lowest BCUT2D eigenvalue weighted by atomic mass is 9.77. The normalized spacial score (nSPS) is 15.3. The fraction of sp³-hybridized carbons (Fsp3) is 0.343. The molecule has 3 aliphatic rings. The van der Waals surface area contributed by atoms with Crippen LogP contribution in [-0.2, 0) is 73.3 Å². The first-order valence-electron chi connectivity index (χ1n) is 29.7. The minimum atomic E-state index is -4.54. The Morgan fingerprint density at radius 1 is 0.593 bits per heavy atom. The van der Waals surface area contributed by atoms with Crippen molar-refractivity contribution in [3.63, 3.8) is 0 Å². The first-order chi connectivity index (χ1) is 42.8. The second-order valence-electron chi connectivity index (χ2n) is 23.3. The first-order valence-corrected chi connectivity index (χ1v) is 31.2. The van der Waals surface area contributed by atoms with E-state index < -0.39 is 41.8 Å². The van der Waals surface area contributed by atoms with Gasteiger partial charge in [-0.1, -0.05) is 101 Å². The monoisotopic (exact) mass is 1360 g/mol. The Bertz CT molecular complexity index is 4270. The van der Waals surface area contributed by atoms with Crippen LogP contribution in [0.1, 0.15) is 119 Å². The lowest BCUT2D eigenvalue weighted by Gasteiger charge is -2.32. The number of aromatic nitrogens is 8. The fourth-order valence-electron chi connectivity index (χ4n) is 11.9. The number of fused-ring (bicyclic) bond motifs is 4. The van der Waals surface area contributed by atoms with Gasteiger partial charge in [0.2, 0.25) is 0 Å². The molecule has 0 atom stereocenters. The van der Waals surface area contributed by atoms with Crippen molar-refractivity contribution >= 4 is 85.2 Å². The van der Waals surface area contributed by atoms with Crippen LogP contribution in [0.5, 0.6) is 0 Å². The molecule has 0 unspecified atom stereocenters. The van der Waals surface area contributed by atoms with Crippen molar-refractivity contribution in [1.82, 2.24) is 39.5 Å². The van der Waals surface area contributed by atoms with Gasteiger partial charge in [0, 0.05) is 91.3 Å². The van der Waals surface area contributed by atoms with Crippen LogP contribution in [0.2, 0.25) is 10.0 Å².